The van der Waals surface area contributed by atoms with Crippen molar-refractivity contribution in [3.05, 3.63) is 44.9 Å². The van der Waals surface area contributed by atoms with Crippen molar-refractivity contribution in [3.63, 3.8) is 0 Å². The van der Waals surface area contributed by atoms with Crippen molar-refractivity contribution >= 4 is 40.2 Å². The molecule has 1 amide bonds. The minimum absolute atomic E-state index is 0.0595. The summed E-state index contributed by atoms with van der Waals surface area (Å²) in [7, 11) is 0. The van der Waals surface area contributed by atoms with E-state index >= 15 is 0 Å². The van der Waals surface area contributed by atoms with Crippen LogP contribution in [0.1, 0.15) is 39.7 Å². The summed E-state index contributed by atoms with van der Waals surface area (Å²) in [4.78, 5) is 23.1. The first-order valence-electron chi connectivity index (χ1n) is 8.26. The van der Waals surface area contributed by atoms with Gasteiger partial charge in [-0.3, -0.25) is 9.59 Å². The van der Waals surface area contributed by atoms with Gasteiger partial charge in [-0.1, -0.05) is 13.0 Å². The molecule has 1 aromatic carbocycles. The van der Waals surface area contributed by atoms with E-state index in [1.165, 1.54) is 6.92 Å². The number of halogens is 1. The Labute approximate surface area is 167 Å². The maximum absolute atomic E-state index is 11.8. The minimum atomic E-state index is -0.357. The highest BCUT2D eigenvalue weighted by Crippen LogP contribution is 2.27. The summed E-state index contributed by atoms with van der Waals surface area (Å²) in [5.41, 5.74) is 1.21. The molecule has 7 heteroatoms. The van der Waals surface area contributed by atoms with Gasteiger partial charge in [0.2, 0.25) is 5.91 Å². The highest BCUT2D eigenvalue weighted by atomic mass is 127. The van der Waals surface area contributed by atoms with Crippen LogP contribution in [0.25, 0.3) is 0 Å². The molecule has 0 unspecified atom stereocenters. The van der Waals surface area contributed by atoms with Gasteiger partial charge in [-0.05, 0) is 48.6 Å². The number of esters is 1. The van der Waals surface area contributed by atoms with Gasteiger partial charge in [-0.25, -0.2) is 0 Å². The Kier molecular flexibility index (Phi) is 9.18. The smallest absolute Gasteiger partial charge is 0.310 e. The Hall–Kier alpha value is -2.03. The second-order valence-electron chi connectivity index (χ2n) is 5.49. The predicted molar refractivity (Wildman–Crippen MR) is 109 cm³/mol. The molecule has 2 N–H and O–H groups in total. The number of hydrogen-bond donors (Lipinski definition) is 2. The van der Waals surface area contributed by atoms with Crippen LogP contribution < -0.4 is 10.1 Å². The quantitative estimate of drug-likeness (QED) is 0.249. The number of ether oxygens (including phenoxy) is 2. The first-order chi connectivity index (χ1) is 12.3. The lowest BCUT2D eigenvalue weighted by Gasteiger charge is -2.14. The van der Waals surface area contributed by atoms with Crippen LogP contribution in [0.4, 0.5) is 5.69 Å². The highest BCUT2D eigenvalue weighted by molar-refractivity contribution is 14.1. The van der Waals surface area contributed by atoms with Gasteiger partial charge in [0.25, 0.3) is 0 Å². The minimum Gasteiger partial charge on any atom is -0.511 e. The summed E-state index contributed by atoms with van der Waals surface area (Å²) >= 11 is 2.03. The average molecular weight is 473 g/mol. The second kappa shape index (κ2) is 10.8. The number of carbonyl (C=O) groups excluding carboxylic acids is 2. The van der Waals surface area contributed by atoms with Gasteiger partial charge in [0, 0.05) is 30.7 Å². The zero-order chi connectivity index (χ0) is 19.7. The van der Waals surface area contributed by atoms with Crippen molar-refractivity contribution in [1.29, 1.82) is 0 Å². The van der Waals surface area contributed by atoms with Crippen molar-refractivity contribution in [3.8, 4) is 5.75 Å². The van der Waals surface area contributed by atoms with E-state index in [2.05, 4.69) is 5.32 Å². The van der Waals surface area contributed by atoms with Crippen molar-refractivity contribution < 1.29 is 24.2 Å². The normalized spacial score (nSPS) is 12.3. The molecule has 0 aliphatic heterocycles. The maximum atomic E-state index is 11.8. The molecule has 0 saturated heterocycles. The third-order valence-electron chi connectivity index (χ3n) is 3.24. The summed E-state index contributed by atoms with van der Waals surface area (Å²) < 4.78 is 11.5. The molecule has 0 aromatic heterocycles. The van der Waals surface area contributed by atoms with Crippen molar-refractivity contribution in [2.24, 2.45) is 0 Å². The maximum Gasteiger partial charge on any atom is 0.310 e. The number of anilines is 1. The number of allylic oxidation sites excluding steroid dienone is 4. The van der Waals surface area contributed by atoms with E-state index < -0.39 is 0 Å². The molecule has 0 spiro atoms. The van der Waals surface area contributed by atoms with Crippen LogP contribution in [-0.2, 0) is 20.7 Å². The summed E-state index contributed by atoms with van der Waals surface area (Å²) in [5.74, 6) is 0.695. The standard InChI is InChI=1S/C19H24INO5/c1-5-17(23)16(20)9-12(3)26-18-11-15(21-13(4)22)8-7-14(18)10-19(24)25-6-2/h7-9,11,23H,5-6,10H2,1-4H3,(H,21,22)/b12-9?,17-16-. The SMILES string of the molecule is CCOC(=O)Cc1ccc(NC(C)=O)cc1OC(C)=C/C(I)=C(/O)CC. The van der Waals surface area contributed by atoms with E-state index in [-0.39, 0.29) is 24.1 Å². The van der Waals surface area contributed by atoms with Gasteiger partial charge >= 0.3 is 5.97 Å². The lowest BCUT2D eigenvalue weighted by atomic mass is 10.1. The van der Waals surface area contributed by atoms with Gasteiger partial charge < -0.3 is 19.9 Å². The molecule has 0 radical (unpaired) electrons. The van der Waals surface area contributed by atoms with E-state index in [9.17, 15) is 14.7 Å². The summed E-state index contributed by atoms with van der Waals surface area (Å²) in [5, 5.41) is 12.5. The summed E-state index contributed by atoms with van der Waals surface area (Å²) in [6, 6.07) is 5.08. The Morgan fingerprint density at radius 2 is 1.96 bits per heavy atom. The number of benzene rings is 1. The first kappa shape index (κ1) is 22.0. The molecule has 0 aliphatic carbocycles. The number of carbonyl (C=O) groups is 2. The molecule has 0 aliphatic rings. The molecule has 142 valence electrons. The van der Waals surface area contributed by atoms with Crippen molar-refractivity contribution in [1.82, 2.24) is 0 Å². The predicted octanol–water partition coefficient (Wildman–Crippen LogP) is 4.65. The molecule has 0 bridgehead atoms. The molecular formula is C19H24INO5. The zero-order valence-electron chi connectivity index (χ0n) is 15.4. The van der Waals surface area contributed by atoms with Crippen LogP contribution in [0.5, 0.6) is 5.75 Å². The molecule has 1 aromatic rings. The number of rotatable bonds is 8. The van der Waals surface area contributed by atoms with Crippen LogP contribution >= 0.6 is 22.6 Å². The lowest BCUT2D eigenvalue weighted by Crippen LogP contribution is -2.10. The number of aliphatic hydroxyl groups is 1. The van der Waals surface area contributed by atoms with Crippen LogP contribution in [0.2, 0.25) is 0 Å². The monoisotopic (exact) mass is 473 g/mol. The number of aliphatic hydroxyl groups excluding tert-OH is 1. The van der Waals surface area contributed by atoms with Gasteiger partial charge in [-0.2, -0.15) is 0 Å². The molecule has 0 saturated carbocycles. The number of hydrogen-bond acceptors (Lipinski definition) is 5. The summed E-state index contributed by atoms with van der Waals surface area (Å²) in [6.07, 6.45) is 2.29. The Morgan fingerprint density at radius 1 is 1.27 bits per heavy atom. The third kappa shape index (κ3) is 7.47. The molecule has 26 heavy (non-hydrogen) atoms. The Morgan fingerprint density at radius 3 is 2.54 bits per heavy atom. The fourth-order valence-corrected chi connectivity index (χ4v) is 2.90. The van der Waals surface area contributed by atoms with Gasteiger partial charge in [0.1, 0.15) is 17.3 Å². The van der Waals surface area contributed by atoms with E-state index in [4.69, 9.17) is 9.47 Å². The molecule has 0 heterocycles. The third-order valence-corrected chi connectivity index (χ3v) is 4.17. The molecular weight excluding hydrogens is 449 g/mol. The summed E-state index contributed by atoms with van der Waals surface area (Å²) in [6.45, 7) is 7.07. The lowest BCUT2D eigenvalue weighted by molar-refractivity contribution is -0.142. The Bertz CT molecular complexity index is 725. The van der Waals surface area contributed by atoms with Crippen LogP contribution in [-0.4, -0.2) is 23.6 Å². The largest absolute Gasteiger partial charge is 0.511 e. The van der Waals surface area contributed by atoms with Gasteiger partial charge in [-0.15, -0.1) is 0 Å². The van der Waals surface area contributed by atoms with Crippen molar-refractivity contribution in [2.45, 2.75) is 40.5 Å². The number of amides is 1. The fraction of sp³-hybridized carbons (Fsp3) is 0.368. The van der Waals surface area contributed by atoms with Crippen LogP contribution in [0.3, 0.4) is 0 Å². The molecule has 6 nitrogen and oxygen atoms in total. The topological polar surface area (TPSA) is 84.9 Å². The Balaban J connectivity index is 3.15. The zero-order valence-corrected chi connectivity index (χ0v) is 17.5. The number of nitrogens with one attached hydrogen (secondary N) is 1. The van der Waals surface area contributed by atoms with Crippen LogP contribution in [0, 0.1) is 0 Å². The van der Waals surface area contributed by atoms with Gasteiger partial charge in [0.15, 0.2) is 0 Å². The highest BCUT2D eigenvalue weighted by Gasteiger charge is 2.13. The molecule has 0 atom stereocenters. The first-order valence-corrected chi connectivity index (χ1v) is 9.34. The van der Waals surface area contributed by atoms with Crippen LogP contribution in [0.15, 0.2) is 39.4 Å². The van der Waals surface area contributed by atoms with E-state index in [1.54, 1.807) is 38.1 Å². The van der Waals surface area contributed by atoms with E-state index in [0.29, 0.717) is 39.4 Å². The van der Waals surface area contributed by atoms with Crippen molar-refractivity contribution in [2.75, 3.05) is 11.9 Å². The van der Waals surface area contributed by atoms with E-state index in [1.807, 2.05) is 29.5 Å². The van der Waals surface area contributed by atoms with E-state index in [0.717, 1.165) is 0 Å². The second-order valence-corrected chi connectivity index (χ2v) is 6.65. The van der Waals surface area contributed by atoms with Gasteiger partial charge in [0.05, 0.1) is 16.6 Å². The fourth-order valence-electron chi connectivity index (χ4n) is 2.08. The average Bonchev–Trinajstić information content (AvgIpc) is 2.55. The molecule has 0 fully saturated rings. The molecule has 1 rings (SSSR count).